The third-order valence-corrected chi connectivity index (χ3v) is 1.47. The number of hydrogen-bond acceptors (Lipinski definition) is 2. The third-order valence-electron chi connectivity index (χ3n) is 1.47. The molecule has 0 aromatic heterocycles. The molecule has 1 heterocycles. The zero-order valence-corrected chi connectivity index (χ0v) is 6.07. The van der Waals surface area contributed by atoms with Crippen LogP contribution in [0, 0.1) is 0 Å². The van der Waals surface area contributed by atoms with Crippen LogP contribution in [-0.2, 0) is 4.79 Å². The van der Waals surface area contributed by atoms with Crippen LogP contribution in [-0.4, -0.2) is 36.4 Å². The Morgan fingerprint density at radius 2 is 2.25 bits per heavy atom. The average Bonchev–Trinajstić information content (AvgIpc) is 1.95. The van der Waals surface area contributed by atoms with Gasteiger partial charge in [0.25, 0.3) is 5.92 Å². The molecule has 0 aromatic carbocycles. The molecular formula is C5H6F2N4O. The Bertz CT molecular complexity index is 240. The predicted molar refractivity (Wildman–Crippen MR) is 35.5 cm³/mol. The lowest BCUT2D eigenvalue weighted by molar-refractivity contribution is -0.164. The summed E-state index contributed by atoms with van der Waals surface area (Å²) in [5, 5.41) is 2.97. The summed E-state index contributed by atoms with van der Waals surface area (Å²) in [4.78, 5) is 14.1. The van der Waals surface area contributed by atoms with Crippen molar-refractivity contribution < 1.29 is 13.6 Å². The van der Waals surface area contributed by atoms with E-state index in [-0.39, 0.29) is 6.54 Å². The molecule has 7 heteroatoms. The highest BCUT2D eigenvalue weighted by atomic mass is 19.3. The summed E-state index contributed by atoms with van der Waals surface area (Å²) in [5.41, 5.74) is 7.83. The van der Waals surface area contributed by atoms with Crippen molar-refractivity contribution in [1.82, 2.24) is 4.90 Å². The molecular weight excluding hydrogens is 170 g/mol. The number of carbonyl (C=O) groups excluding carboxylic acids is 1. The average molecular weight is 176 g/mol. The highest BCUT2D eigenvalue weighted by Gasteiger charge is 2.45. The topological polar surface area (TPSA) is 69.1 Å². The number of azide groups is 1. The first-order valence-corrected chi connectivity index (χ1v) is 3.22. The molecule has 0 bridgehead atoms. The van der Waals surface area contributed by atoms with E-state index in [1.807, 2.05) is 0 Å². The van der Waals surface area contributed by atoms with Crippen molar-refractivity contribution in [3.05, 3.63) is 10.4 Å². The molecule has 0 unspecified atom stereocenters. The molecule has 1 fully saturated rings. The van der Waals surface area contributed by atoms with E-state index in [9.17, 15) is 13.6 Å². The number of nitrogens with zero attached hydrogens (tertiary/aromatic N) is 4. The second kappa shape index (κ2) is 2.94. The Morgan fingerprint density at radius 1 is 1.67 bits per heavy atom. The molecule has 0 spiro atoms. The fourth-order valence-corrected chi connectivity index (χ4v) is 0.881. The highest BCUT2D eigenvalue weighted by Crippen LogP contribution is 2.26. The zero-order chi connectivity index (χ0) is 9.19. The molecule has 1 saturated heterocycles. The van der Waals surface area contributed by atoms with Crippen LogP contribution in [0.5, 0.6) is 0 Å². The molecule has 1 aliphatic heterocycles. The van der Waals surface area contributed by atoms with Crippen LogP contribution in [0.15, 0.2) is 5.11 Å². The lowest BCUT2D eigenvalue weighted by atomic mass is 10.1. The van der Waals surface area contributed by atoms with Crippen molar-refractivity contribution in [3.8, 4) is 0 Å². The highest BCUT2D eigenvalue weighted by molar-refractivity contribution is 5.79. The van der Waals surface area contributed by atoms with Gasteiger partial charge in [-0.05, 0) is 5.53 Å². The Kier molecular flexibility index (Phi) is 2.14. The zero-order valence-electron chi connectivity index (χ0n) is 6.07. The van der Waals surface area contributed by atoms with Gasteiger partial charge in [0, 0.05) is 4.91 Å². The summed E-state index contributed by atoms with van der Waals surface area (Å²) in [6, 6.07) is 0. The maximum atomic E-state index is 12.2. The first-order chi connectivity index (χ1) is 5.55. The van der Waals surface area contributed by atoms with E-state index in [4.69, 9.17) is 5.53 Å². The largest absolute Gasteiger partial charge is 0.330 e. The van der Waals surface area contributed by atoms with Gasteiger partial charge in [-0.3, -0.25) is 4.79 Å². The Hall–Kier alpha value is -1.36. The number of halogens is 2. The van der Waals surface area contributed by atoms with E-state index in [2.05, 4.69) is 10.0 Å². The first-order valence-electron chi connectivity index (χ1n) is 3.22. The maximum absolute atomic E-state index is 12.2. The van der Waals surface area contributed by atoms with E-state index in [0.29, 0.717) is 0 Å². The van der Waals surface area contributed by atoms with Gasteiger partial charge in [0.2, 0.25) is 5.91 Å². The van der Waals surface area contributed by atoms with Gasteiger partial charge in [-0.2, -0.15) is 0 Å². The Morgan fingerprint density at radius 3 is 2.67 bits per heavy atom. The van der Waals surface area contributed by atoms with Gasteiger partial charge in [0.1, 0.15) is 6.54 Å². The fourth-order valence-electron chi connectivity index (χ4n) is 0.881. The number of likely N-dealkylation sites (tertiary alicyclic amines) is 1. The second-order valence-electron chi connectivity index (χ2n) is 2.49. The van der Waals surface area contributed by atoms with Crippen LogP contribution >= 0.6 is 0 Å². The maximum Gasteiger partial charge on any atom is 0.282 e. The van der Waals surface area contributed by atoms with E-state index < -0.39 is 24.9 Å². The predicted octanol–water partition coefficient (Wildman–Crippen LogP) is 0.774. The van der Waals surface area contributed by atoms with Crippen molar-refractivity contribution in [2.24, 2.45) is 5.11 Å². The molecule has 5 nitrogen and oxygen atoms in total. The van der Waals surface area contributed by atoms with Gasteiger partial charge in [-0.25, -0.2) is 8.78 Å². The van der Waals surface area contributed by atoms with E-state index in [1.165, 1.54) is 0 Å². The molecule has 0 N–H and O–H groups in total. The van der Waals surface area contributed by atoms with Gasteiger partial charge in [0.05, 0.1) is 13.1 Å². The Labute approximate surface area is 66.6 Å². The summed E-state index contributed by atoms with van der Waals surface area (Å²) in [7, 11) is 0. The minimum atomic E-state index is -2.76. The number of hydrogen-bond donors (Lipinski definition) is 0. The summed E-state index contributed by atoms with van der Waals surface area (Å²) in [5.74, 6) is -3.31. The molecule has 1 rings (SSSR count). The minimum Gasteiger partial charge on any atom is -0.330 e. The quantitative estimate of drug-likeness (QED) is 0.348. The standard InChI is InChI=1S/C5H6F2N4O/c6-5(7)2-11(3-5)4(12)1-9-10-8/h1-3H2. The van der Waals surface area contributed by atoms with Crippen molar-refractivity contribution in [3.63, 3.8) is 0 Å². The smallest absolute Gasteiger partial charge is 0.282 e. The summed E-state index contributed by atoms with van der Waals surface area (Å²) in [6.07, 6.45) is 0. The van der Waals surface area contributed by atoms with Gasteiger partial charge in [0.15, 0.2) is 0 Å². The van der Waals surface area contributed by atoms with E-state index in [1.54, 1.807) is 0 Å². The van der Waals surface area contributed by atoms with E-state index in [0.717, 1.165) is 4.90 Å². The lowest BCUT2D eigenvalue weighted by Gasteiger charge is -2.38. The third kappa shape index (κ3) is 1.82. The van der Waals surface area contributed by atoms with Crippen LogP contribution in [0.1, 0.15) is 0 Å². The number of carbonyl (C=O) groups is 1. The van der Waals surface area contributed by atoms with Gasteiger partial charge >= 0.3 is 0 Å². The van der Waals surface area contributed by atoms with Crippen LogP contribution in [0.2, 0.25) is 0 Å². The van der Waals surface area contributed by atoms with Crippen LogP contribution < -0.4 is 0 Å². The van der Waals surface area contributed by atoms with Crippen LogP contribution in [0.3, 0.4) is 0 Å². The normalized spacial score (nSPS) is 19.3. The van der Waals surface area contributed by atoms with Crippen molar-refractivity contribution >= 4 is 5.91 Å². The van der Waals surface area contributed by atoms with Crippen LogP contribution in [0.25, 0.3) is 10.4 Å². The molecule has 0 aliphatic carbocycles. The summed E-state index contributed by atoms with van der Waals surface area (Å²) >= 11 is 0. The molecule has 1 aliphatic rings. The fraction of sp³-hybridized carbons (Fsp3) is 0.800. The molecule has 1 amide bonds. The Balaban J connectivity index is 2.33. The van der Waals surface area contributed by atoms with Crippen molar-refractivity contribution in [2.75, 3.05) is 19.6 Å². The van der Waals surface area contributed by atoms with Crippen molar-refractivity contribution in [2.45, 2.75) is 5.92 Å². The molecule has 0 aromatic rings. The molecule has 0 radical (unpaired) electrons. The lowest BCUT2D eigenvalue weighted by Crippen LogP contribution is -2.58. The molecule has 66 valence electrons. The number of rotatable bonds is 2. The SMILES string of the molecule is [N-]=[N+]=NCC(=O)N1CC(F)(F)C1. The number of amides is 1. The summed E-state index contributed by atoms with van der Waals surface area (Å²) < 4.78 is 24.3. The van der Waals surface area contributed by atoms with E-state index >= 15 is 0 Å². The van der Waals surface area contributed by atoms with Gasteiger partial charge in [-0.1, -0.05) is 5.11 Å². The first kappa shape index (κ1) is 8.73. The van der Waals surface area contributed by atoms with Crippen LogP contribution in [0.4, 0.5) is 8.78 Å². The molecule has 12 heavy (non-hydrogen) atoms. The second-order valence-corrected chi connectivity index (χ2v) is 2.49. The van der Waals surface area contributed by atoms with Crippen molar-refractivity contribution in [1.29, 1.82) is 0 Å². The number of alkyl halides is 2. The van der Waals surface area contributed by atoms with Gasteiger partial charge in [-0.15, -0.1) is 0 Å². The van der Waals surface area contributed by atoms with Gasteiger partial charge < -0.3 is 4.90 Å². The minimum absolute atomic E-state index is 0.382. The molecule has 0 saturated carbocycles. The summed E-state index contributed by atoms with van der Waals surface area (Å²) in [6.45, 7) is -1.51. The monoisotopic (exact) mass is 176 g/mol. The molecule has 0 atom stereocenters.